The van der Waals surface area contributed by atoms with E-state index < -0.39 is 10.0 Å². The molecule has 1 aromatic rings. The fourth-order valence-electron chi connectivity index (χ4n) is 2.45. The number of carbonyl (C=O) groups is 1. The van der Waals surface area contributed by atoms with Crippen LogP contribution in [0.4, 0.5) is 0 Å². The molecular weight excluding hydrogens is 308 g/mol. The summed E-state index contributed by atoms with van der Waals surface area (Å²) in [7, 11) is -3.13. The number of nitrogens with zero attached hydrogens (tertiary/aromatic N) is 2. The van der Waals surface area contributed by atoms with Crippen molar-refractivity contribution in [3.63, 3.8) is 0 Å². The van der Waals surface area contributed by atoms with Crippen LogP contribution < -0.4 is 0 Å². The molecule has 0 radical (unpaired) electrons. The number of hydrogen-bond acceptors (Lipinski definition) is 4. The van der Waals surface area contributed by atoms with Crippen molar-refractivity contribution in [1.29, 1.82) is 0 Å². The van der Waals surface area contributed by atoms with Crippen molar-refractivity contribution < 1.29 is 13.2 Å². The third kappa shape index (κ3) is 4.52. The minimum Gasteiger partial charge on any atom is -0.340 e. The second-order valence-corrected chi connectivity index (χ2v) is 8.30. The Morgan fingerprint density at radius 3 is 2.57 bits per heavy atom. The third-order valence-corrected chi connectivity index (χ3v) is 6.62. The SMILES string of the molecule is CCCS(=O)(=O)N1CCN(C(=O)CCc2cccs2)CC1. The molecule has 1 amide bonds. The van der Waals surface area contributed by atoms with Gasteiger partial charge in [0.2, 0.25) is 15.9 Å². The highest BCUT2D eigenvalue weighted by Gasteiger charge is 2.27. The zero-order valence-corrected chi connectivity index (χ0v) is 14.0. The Morgan fingerprint density at radius 1 is 1.29 bits per heavy atom. The molecule has 21 heavy (non-hydrogen) atoms. The van der Waals surface area contributed by atoms with Crippen molar-refractivity contribution in [3.05, 3.63) is 22.4 Å². The van der Waals surface area contributed by atoms with Crippen LogP contribution in [-0.4, -0.2) is 55.5 Å². The van der Waals surface area contributed by atoms with Crippen LogP contribution in [-0.2, 0) is 21.2 Å². The van der Waals surface area contributed by atoms with Crippen LogP contribution in [0.1, 0.15) is 24.6 Å². The Morgan fingerprint density at radius 2 is 2.00 bits per heavy atom. The van der Waals surface area contributed by atoms with E-state index >= 15 is 0 Å². The smallest absolute Gasteiger partial charge is 0.223 e. The summed E-state index contributed by atoms with van der Waals surface area (Å²) in [4.78, 5) is 15.1. The fraction of sp³-hybridized carbons (Fsp3) is 0.643. The summed E-state index contributed by atoms with van der Waals surface area (Å²) in [6.07, 6.45) is 1.90. The van der Waals surface area contributed by atoms with E-state index in [0.29, 0.717) is 39.0 Å². The molecule has 0 spiro atoms. The predicted molar refractivity (Wildman–Crippen MR) is 84.9 cm³/mol. The van der Waals surface area contributed by atoms with Gasteiger partial charge in [0, 0.05) is 37.5 Å². The Kier molecular flexibility index (Phi) is 5.78. The molecule has 2 heterocycles. The minimum atomic E-state index is -3.13. The van der Waals surface area contributed by atoms with Gasteiger partial charge in [-0.15, -0.1) is 11.3 Å². The van der Waals surface area contributed by atoms with Gasteiger partial charge in [-0.05, 0) is 24.3 Å². The molecule has 0 atom stereocenters. The fourth-order valence-corrected chi connectivity index (χ4v) is 4.65. The number of sulfonamides is 1. The van der Waals surface area contributed by atoms with Crippen molar-refractivity contribution in [2.45, 2.75) is 26.2 Å². The Balaban J connectivity index is 1.79. The van der Waals surface area contributed by atoms with Crippen molar-refractivity contribution in [3.8, 4) is 0 Å². The van der Waals surface area contributed by atoms with Crippen molar-refractivity contribution in [2.24, 2.45) is 0 Å². The van der Waals surface area contributed by atoms with E-state index in [2.05, 4.69) is 0 Å². The topological polar surface area (TPSA) is 57.7 Å². The monoisotopic (exact) mass is 330 g/mol. The van der Waals surface area contributed by atoms with E-state index in [1.807, 2.05) is 24.4 Å². The summed E-state index contributed by atoms with van der Waals surface area (Å²) < 4.78 is 25.4. The summed E-state index contributed by atoms with van der Waals surface area (Å²) in [6, 6.07) is 4.02. The number of thiophene rings is 1. The highest BCUT2D eigenvalue weighted by molar-refractivity contribution is 7.89. The summed E-state index contributed by atoms with van der Waals surface area (Å²) >= 11 is 1.66. The Bertz CT molecular complexity index is 547. The largest absolute Gasteiger partial charge is 0.340 e. The van der Waals surface area contributed by atoms with Crippen LogP contribution in [0.2, 0.25) is 0 Å². The summed E-state index contributed by atoms with van der Waals surface area (Å²) in [5, 5.41) is 2.01. The van der Waals surface area contributed by atoms with Crippen LogP contribution in [0.15, 0.2) is 17.5 Å². The zero-order chi connectivity index (χ0) is 15.3. The van der Waals surface area contributed by atoms with Gasteiger partial charge >= 0.3 is 0 Å². The Labute approximate surface area is 130 Å². The van der Waals surface area contributed by atoms with Gasteiger partial charge in [-0.3, -0.25) is 4.79 Å². The van der Waals surface area contributed by atoms with Crippen LogP contribution in [0.3, 0.4) is 0 Å². The molecule has 1 aliphatic heterocycles. The number of hydrogen-bond donors (Lipinski definition) is 0. The van der Waals surface area contributed by atoms with Crippen LogP contribution in [0, 0.1) is 0 Å². The first kappa shape index (κ1) is 16.5. The maximum atomic E-state index is 12.1. The number of piperazine rings is 1. The van der Waals surface area contributed by atoms with Crippen molar-refractivity contribution in [1.82, 2.24) is 9.21 Å². The lowest BCUT2D eigenvalue weighted by molar-refractivity contribution is -0.132. The third-order valence-electron chi connectivity index (χ3n) is 3.61. The average molecular weight is 330 g/mol. The highest BCUT2D eigenvalue weighted by atomic mass is 32.2. The maximum absolute atomic E-state index is 12.1. The van der Waals surface area contributed by atoms with Gasteiger partial charge in [-0.2, -0.15) is 4.31 Å². The molecule has 0 unspecified atom stereocenters. The molecule has 1 saturated heterocycles. The van der Waals surface area contributed by atoms with E-state index in [-0.39, 0.29) is 11.7 Å². The van der Waals surface area contributed by atoms with Crippen LogP contribution in [0.5, 0.6) is 0 Å². The van der Waals surface area contributed by atoms with Gasteiger partial charge in [-0.25, -0.2) is 8.42 Å². The molecule has 2 rings (SSSR count). The first-order chi connectivity index (χ1) is 10.0. The van der Waals surface area contributed by atoms with E-state index in [9.17, 15) is 13.2 Å². The normalized spacial score (nSPS) is 17.1. The molecule has 1 aliphatic rings. The predicted octanol–water partition coefficient (Wildman–Crippen LogP) is 1.56. The molecule has 0 bridgehead atoms. The number of amides is 1. The first-order valence-electron chi connectivity index (χ1n) is 7.31. The van der Waals surface area contributed by atoms with E-state index in [1.165, 1.54) is 9.18 Å². The molecule has 1 fully saturated rings. The number of aryl methyl sites for hydroxylation is 1. The van der Waals surface area contributed by atoms with Gasteiger partial charge in [-0.1, -0.05) is 13.0 Å². The van der Waals surface area contributed by atoms with Crippen molar-refractivity contribution >= 4 is 27.3 Å². The van der Waals surface area contributed by atoms with Gasteiger partial charge < -0.3 is 4.90 Å². The average Bonchev–Trinajstić information content (AvgIpc) is 2.98. The number of carbonyl (C=O) groups excluding carboxylic acids is 1. The molecule has 0 saturated carbocycles. The quantitative estimate of drug-likeness (QED) is 0.795. The molecule has 118 valence electrons. The maximum Gasteiger partial charge on any atom is 0.223 e. The van der Waals surface area contributed by atoms with Crippen LogP contribution >= 0.6 is 11.3 Å². The van der Waals surface area contributed by atoms with Gasteiger partial charge in [0.1, 0.15) is 0 Å². The molecular formula is C14H22N2O3S2. The van der Waals surface area contributed by atoms with Gasteiger partial charge in [0.05, 0.1) is 5.75 Å². The molecule has 1 aromatic heterocycles. The van der Waals surface area contributed by atoms with E-state index in [0.717, 1.165) is 6.42 Å². The molecule has 0 N–H and O–H groups in total. The lowest BCUT2D eigenvalue weighted by Gasteiger charge is -2.34. The second kappa shape index (κ2) is 7.38. The molecule has 5 nitrogen and oxygen atoms in total. The van der Waals surface area contributed by atoms with Crippen LogP contribution in [0.25, 0.3) is 0 Å². The Hall–Kier alpha value is -0.920. The van der Waals surface area contributed by atoms with E-state index in [1.54, 1.807) is 16.2 Å². The molecule has 0 aromatic carbocycles. The number of rotatable bonds is 6. The van der Waals surface area contributed by atoms with E-state index in [4.69, 9.17) is 0 Å². The minimum absolute atomic E-state index is 0.121. The lowest BCUT2D eigenvalue weighted by atomic mass is 10.2. The lowest BCUT2D eigenvalue weighted by Crippen LogP contribution is -2.51. The van der Waals surface area contributed by atoms with Gasteiger partial charge in [0.15, 0.2) is 0 Å². The summed E-state index contributed by atoms with van der Waals surface area (Å²) in [6.45, 7) is 3.72. The summed E-state index contributed by atoms with van der Waals surface area (Å²) in [5.41, 5.74) is 0. The zero-order valence-electron chi connectivity index (χ0n) is 12.3. The highest BCUT2D eigenvalue weighted by Crippen LogP contribution is 2.14. The molecule has 7 heteroatoms. The first-order valence-corrected chi connectivity index (χ1v) is 9.80. The standard InChI is InChI=1S/C14H22N2O3S2/c1-2-12-21(18,19)16-9-7-15(8-10-16)14(17)6-5-13-4-3-11-20-13/h3-4,11H,2,5-10,12H2,1H3. The summed E-state index contributed by atoms with van der Waals surface area (Å²) in [5.74, 6) is 0.315. The van der Waals surface area contributed by atoms with Gasteiger partial charge in [0.25, 0.3) is 0 Å². The van der Waals surface area contributed by atoms with Crippen molar-refractivity contribution in [2.75, 3.05) is 31.9 Å². The molecule has 0 aliphatic carbocycles. The second-order valence-electron chi connectivity index (χ2n) is 5.18.